The van der Waals surface area contributed by atoms with E-state index in [1.54, 1.807) is 48.5 Å². The van der Waals surface area contributed by atoms with E-state index in [0.717, 1.165) is 5.56 Å². The van der Waals surface area contributed by atoms with Gasteiger partial charge in [0.25, 0.3) is 0 Å². The van der Waals surface area contributed by atoms with Gasteiger partial charge in [-0.1, -0.05) is 30.3 Å². The van der Waals surface area contributed by atoms with E-state index in [2.05, 4.69) is 0 Å². The summed E-state index contributed by atoms with van der Waals surface area (Å²) in [7, 11) is 1.41. The fraction of sp³-hybridized carbons (Fsp3) is 0.182. The highest BCUT2D eigenvalue weighted by Gasteiger charge is 2.20. The van der Waals surface area contributed by atoms with Gasteiger partial charge in [-0.15, -0.1) is 0 Å². The Morgan fingerprint density at radius 1 is 1.18 bits per heavy atom. The monoisotopic (exact) mass is 380 g/mol. The molecule has 0 saturated heterocycles. The summed E-state index contributed by atoms with van der Waals surface area (Å²) in [6.45, 7) is 0.461. The predicted molar refractivity (Wildman–Crippen MR) is 106 cm³/mol. The van der Waals surface area contributed by atoms with Crippen LogP contribution in [0.25, 0.3) is 17.0 Å². The summed E-state index contributed by atoms with van der Waals surface area (Å²) in [6, 6.07) is 14.0. The highest BCUT2D eigenvalue weighted by Crippen LogP contribution is 2.27. The Labute approximate surface area is 161 Å². The molecule has 1 heterocycles. The van der Waals surface area contributed by atoms with E-state index in [0.29, 0.717) is 29.7 Å². The van der Waals surface area contributed by atoms with Crippen molar-refractivity contribution in [1.82, 2.24) is 0 Å². The first-order valence-electron chi connectivity index (χ1n) is 8.80. The number of aliphatic hydroxyl groups is 1. The number of ketones is 1. The molecule has 3 aromatic rings. The molecule has 3 rings (SSSR count). The van der Waals surface area contributed by atoms with Gasteiger partial charge in [0, 0.05) is 13.0 Å². The third-order valence-corrected chi connectivity index (χ3v) is 4.07. The zero-order chi connectivity index (χ0) is 19.9. The lowest BCUT2D eigenvalue weighted by Crippen LogP contribution is -2.14. The average Bonchev–Trinajstić information content (AvgIpc) is 2.71. The van der Waals surface area contributed by atoms with Gasteiger partial charge in [0.15, 0.2) is 5.78 Å². The minimum atomic E-state index is -0.744. The molecule has 1 N–H and O–H groups in total. The molecule has 0 spiro atoms. The molecule has 2 aromatic carbocycles. The van der Waals surface area contributed by atoms with Crippen molar-refractivity contribution in [3.05, 3.63) is 76.2 Å². The lowest BCUT2D eigenvalue weighted by Gasteiger charge is -2.08. The van der Waals surface area contributed by atoms with Crippen LogP contribution in [0.15, 0.2) is 63.8 Å². The van der Waals surface area contributed by atoms with Crippen molar-refractivity contribution in [1.29, 1.82) is 0 Å². The summed E-state index contributed by atoms with van der Waals surface area (Å²) in [5, 5.41) is 9.37. The molecule has 0 radical (unpaired) electrons. The molecule has 0 aliphatic carbocycles. The third kappa shape index (κ3) is 4.29. The molecule has 28 heavy (non-hydrogen) atoms. The second kappa shape index (κ2) is 9.01. The van der Waals surface area contributed by atoms with Crippen LogP contribution in [0.1, 0.15) is 22.3 Å². The number of aliphatic hydroxyl groups excluding tert-OH is 1. The van der Waals surface area contributed by atoms with Gasteiger partial charge in [-0.2, -0.15) is 0 Å². The van der Waals surface area contributed by atoms with Crippen LogP contribution in [0.3, 0.4) is 0 Å². The number of allylic oxidation sites excluding steroid dienone is 1. The van der Waals surface area contributed by atoms with Gasteiger partial charge >= 0.3 is 5.63 Å². The summed E-state index contributed by atoms with van der Waals surface area (Å²) >= 11 is 0. The fourth-order valence-corrected chi connectivity index (χ4v) is 2.76. The van der Waals surface area contributed by atoms with Crippen molar-refractivity contribution in [2.45, 2.75) is 6.42 Å². The van der Waals surface area contributed by atoms with Crippen molar-refractivity contribution < 1.29 is 23.8 Å². The number of carbonyl (C=O) groups excluding carboxylic acids is 1. The zero-order valence-corrected chi connectivity index (χ0v) is 15.4. The smallest absolute Gasteiger partial charge is 0.351 e. The van der Waals surface area contributed by atoms with E-state index in [1.165, 1.54) is 13.2 Å². The van der Waals surface area contributed by atoms with Crippen LogP contribution in [0.5, 0.6) is 11.5 Å². The van der Waals surface area contributed by atoms with Gasteiger partial charge < -0.3 is 19.0 Å². The Morgan fingerprint density at radius 2 is 2.00 bits per heavy atom. The normalized spacial score (nSPS) is 11.1. The first kappa shape index (κ1) is 19.4. The Kier molecular flexibility index (Phi) is 6.24. The van der Waals surface area contributed by atoms with Crippen LogP contribution in [0.2, 0.25) is 0 Å². The number of ether oxygens (including phenoxy) is 2. The number of methoxy groups -OCH3 is 1. The molecule has 144 valence electrons. The summed E-state index contributed by atoms with van der Waals surface area (Å²) in [5.41, 5.74) is 0.204. The maximum Gasteiger partial charge on any atom is 0.351 e. The van der Waals surface area contributed by atoms with E-state index >= 15 is 0 Å². The van der Waals surface area contributed by atoms with E-state index in [4.69, 9.17) is 19.0 Å². The molecule has 0 fully saturated rings. The quantitative estimate of drug-likeness (QED) is 0.279. The summed E-state index contributed by atoms with van der Waals surface area (Å²) in [5.74, 6) is 0.316. The number of hydrogen-bond donors (Lipinski definition) is 1. The lowest BCUT2D eigenvalue weighted by atomic mass is 10.1. The van der Waals surface area contributed by atoms with Crippen molar-refractivity contribution in [2.24, 2.45) is 0 Å². The Bertz CT molecular complexity index is 1060. The van der Waals surface area contributed by atoms with Gasteiger partial charge in [-0.3, -0.25) is 4.79 Å². The zero-order valence-electron chi connectivity index (χ0n) is 15.4. The highest BCUT2D eigenvalue weighted by molar-refractivity contribution is 6.10. The number of carbonyl (C=O) groups is 1. The molecular formula is C22H20O6. The predicted octanol–water partition coefficient (Wildman–Crippen LogP) is 3.46. The maximum atomic E-state index is 12.7. The maximum absolute atomic E-state index is 12.7. The molecule has 0 aliphatic heterocycles. The standard InChI is InChI=1S/C22H20O6/c1-26-21-17-8-2-3-9-19(17)28-22(25)20(21)18(24)11-10-15-6-4-7-16(14-15)27-13-5-12-23/h2-4,6-11,14,23H,5,12-13H2,1H3. The Hall–Kier alpha value is -3.38. The van der Waals surface area contributed by atoms with Crippen LogP contribution in [0.4, 0.5) is 0 Å². The van der Waals surface area contributed by atoms with E-state index in [1.807, 2.05) is 6.07 Å². The van der Waals surface area contributed by atoms with Gasteiger partial charge in [0.2, 0.25) is 0 Å². The molecular weight excluding hydrogens is 360 g/mol. The number of para-hydroxylation sites is 1. The Morgan fingerprint density at radius 3 is 2.79 bits per heavy atom. The van der Waals surface area contributed by atoms with Crippen LogP contribution in [-0.2, 0) is 0 Å². The average molecular weight is 380 g/mol. The van der Waals surface area contributed by atoms with Gasteiger partial charge in [-0.05, 0) is 35.9 Å². The van der Waals surface area contributed by atoms with E-state index in [9.17, 15) is 9.59 Å². The second-order valence-corrected chi connectivity index (χ2v) is 5.99. The summed E-state index contributed by atoms with van der Waals surface area (Å²) in [6.07, 6.45) is 3.43. The molecule has 0 amide bonds. The van der Waals surface area contributed by atoms with Crippen molar-refractivity contribution in [3.8, 4) is 11.5 Å². The molecule has 0 saturated carbocycles. The largest absolute Gasteiger partial charge is 0.495 e. The number of rotatable bonds is 8. The summed E-state index contributed by atoms with van der Waals surface area (Å²) < 4.78 is 16.1. The lowest BCUT2D eigenvalue weighted by molar-refractivity contribution is 0.104. The third-order valence-electron chi connectivity index (χ3n) is 4.07. The van der Waals surface area contributed by atoms with Crippen LogP contribution in [0, 0.1) is 0 Å². The minimum absolute atomic E-state index is 0.0598. The second-order valence-electron chi connectivity index (χ2n) is 5.99. The minimum Gasteiger partial charge on any atom is -0.495 e. The molecule has 6 nitrogen and oxygen atoms in total. The van der Waals surface area contributed by atoms with Gasteiger partial charge in [-0.25, -0.2) is 4.79 Å². The topological polar surface area (TPSA) is 86.0 Å². The number of fused-ring (bicyclic) bond motifs is 1. The first-order chi connectivity index (χ1) is 13.6. The fourth-order valence-electron chi connectivity index (χ4n) is 2.76. The van der Waals surface area contributed by atoms with Crippen molar-refractivity contribution >= 4 is 22.8 Å². The van der Waals surface area contributed by atoms with Crippen LogP contribution >= 0.6 is 0 Å². The van der Waals surface area contributed by atoms with Gasteiger partial charge in [0.05, 0.1) is 19.1 Å². The molecule has 0 atom stereocenters. The summed E-state index contributed by atoms with van der Waals surface area (Å²) in [4.78, 5) is 25.0. The molecule has 0 unspecified atom stereocenters. The Balaban J connectivity index is 1.88. The van der Waals surface area contributed by atoms with Gasteiger partial charge in [0.1, 0.15) is 22.6 Å². The molecule has 6 heteroatoms. The molecule has 1 aromatic heterocycles. The SMILES string of the molecule is COc1c(C(=O)C=Cc2cccc(OCCCO)c2)c(=O)oc2ccccc12. The molecule has 0 aliphatic rings. The van der Waals surface area contributed by atoms with E-state index in [-0.39, 0.29) is 17.9 Å². The van der Waals surface area contributed by atoms with Crippen molar-refractivity contribution in [2.75, 3.05) is 20.3 Å². The van der Waals surface area contributed by atoms with Crippen LogP contribution < -0.4 is 15.1 Å². The molecule has 0 bridgehead atoms. The number of benzene rings is 2. The van der Waals surface area contributed by atoms with E-state index < -0.39 is 11.4 Å². The van der Waals surface area contributed by atoms with Crippen LogP contribution in [-0.4, -0.2) is 31.2 Å². The number of hydrogen-bond acceptors (Lipinski definition) is 6. The highest BCUT2D eigenvalue weighted by atomic mass is 16.5. The first-order valence-corrected chi connectivity index (χ1v) is 8.80. The van der Waals surface area contributed by atoms with Crippen molar-refractivity contribution in [3.63, 3.8) is 0 Å².